The number of hydrogen-bond acceptors (Lipinski definition) is 1. The van der Waals surface area contributed by atoms with Gasteiger partial charge in [0.05, 0.1) is 5.56 Å². The minimum absolute atomic E-state index is 0.325. The molecule has 0 saturated heterocycles. The first kappa shape index (κ1) is 13.2. The first-order valence-corrected chi connectivity index (χ1v) is 5.72. The average molecular weight is 230 g/mol. The maximum absolute atomic E-state index is 10.9. The lowest BCUT2D eigenvalue weighted by molar-refractivity contribution is 0.0697. The van der Waals surface area contributed by atoms with E-state index in [9.17, 15) is 4.79 Å². The molecule has 1 aromatic carbocycles. The van der Waals surface area contributed by atoms with Crippen LogP contribution in [0.25, 0.3) is 6.08 Å². The van der Waals surface area contributed by atoms with E-state index in [4.69, 9.17) is 5.11 Å². The molecule has 1 N–H and O–H groups in total. The highest BCUT2D eigenvalue weighted by Gasteiger charge is 2.03. The van der Waals surface area contributed by atoms with Gasteiger partial charge in [0.15, 0.2) is 0 Å². The Morgan fingerprint density at radius 3 is 2.71 bits per heavy atom. The first-order valence-electron chi connectivity index (χ1n) is 5.72. The summed E-state index contributed by atoms with van der Waals surface area (Å²) in [6, 6.07) is 5.16. The fourth-order valence-corrected chi connectivity index (χ4v) is 1.39. The second-order valence-corrected chi connectivity index (χ2v) is 4.10. The molecule has 1 rings (SSSR count). The third kappa shape index (κ3) is 3.91. The van der Waals surface area contributed by atoms with Crippen LogP contribution in [0.4, 0.5) is 0 Å². The number of carbonyl (C=O) groups is 1. The van der Waals surface area contributed by atoms with E-state index in [1.807, 2.05) is 31.2 Å². The van der Waals surface area contributed by atoms with Gasteiger partial charge < -0.3 is 5.11 Å². The summed E-state index contributed by atoms with van der Waals surface area (Å²) < 4.78 is 0. The maximum atomic E-state index is 10.9. The van der Waals surface area contributed by atoms with Crippen molar-refractivity contribution in [3.05, 3.63) is 52.6 Å². The fraction of sp³-hybridized carbons (Fsp3) is 0.267. The molecule has 0 atom stereocenters. The maximum Gasteiger partial charge on any atom is 0.335 e. The van der Waals surface area contributed by atoms with Crippen molar-refractivity contribution in [1.29, 1.82) is 0 Å². The van der Waals surface area contributed by atoms with Crippen molar-refractivity contribution in [2.75, 3.05) is 0 Å². The molecule has 2 nitrogen and oxygen atoms in total. The molecule has 0 heterocycles. The van der Waals surface area contributed by atoms with Gasteiger partial charge in [0.25, 0.3) is 0 Å². The molecular weight excluding hydrogens is 212 g/mol. The monoisotopic (exact) mass is 230 g/mol. The van der Waals surface area contributed by atoms with Gasteiger partial charge >= 0.3 is 5.97 Å². The normalized spacial score (nSPS) is 12.1. The second kappa shape index (κ2) is 6.04. The summed E-state index contributed by atoms with van der Waals surface area (Å²) in [5.74, 6) is -0.889. The van der Waals surface area contributed by atoms with Crippen molar-refractivity contribution < 1.29 is 9.90 Å². The highest BCUT2D eigenvalue weighted by molar-refractivity contribution is 5.88. The fourth-order valence-electron chi connectivity index (χ4n) is 1.39. The molecule has 90 valence electrons. The third-order valence-electron chi connectivity index (χ3n) is 2.74. The van der Waals surface area contributed by atoms with E-state index in [1.165, 1.54) is 5.57 Å². The lowest BCUT2D eigenvalue weighted by Crippen LogP contribution is -1.96. The summed E-state index contributed by atoms with van der Waals surface area (Å²) in [6.45, 7) is 6.16. The van der Waals surface area contributed by atoms with E-state index in [0.717, 1.165) is 17.5 Å². The van der Waals surface area contributed by atoms with Gasteiger partial charge in [-0.25, -0.2) is 4.79 Å². The Bertz CT molecular complexity index is 468. The largest absolute Gasteiger partial charge is 0.478 e. The molecule has 2 heteroatoms. The van der Waals surface area contributed by atoms with Gasteiger partial charge in [0.2, 0.25) is 0 Å². The average Bonchev–Trinajstić information content (AvgIpc) is 2.30. The molecule has 0 aliphatic carbocycles. The summed E-state index contributed by atoms with van der Waals surface area (Å²) in [4.78, 5) is 10.9. The molecule has 0 saturated carbocycles. The lowest BCUT2D eigenvalue weighted by atomic mass is 10.0. The van der Waals surface area contributed by atoms with Crippen molar-refractivity contribution in [3.63, 3.8) is 0 Å². The Morgan fingerprint density at radius 1 is 1.41 bits per heavy atom. The number of aromatic carboxylic acids is 1. The highest BCUT2D eigenvalue weighted by Crippen LogP contribution is 2.13. The molecular formula is C15H18O2. The van der Waals surface area contributed by atoms with Crippen molar-refractivity contribution in [2.45, 2.75) is 27.2 Å². The minimum Gasteiger partial charge on any atom is -0.478 e. The number of allylic oxidation sites excluding steroid dienone is 3. The molecule has 0 aromatic heterocycles. The molecule has 0 spiro atoms. The van der Waals surface area contributed by atoms with E-state index < -0.39 is 5.97 Å². The Labute approximate surface area is 102 Å². The van der Waals surface area contributed by atoms with Gasteiger partial charge in [-0.05, 0) is 43.5 Å². The van der Waals surface area contributed by atoms with Crippen molar-refractivity contribution in [1.82, 2.24) is 0 Å². The predicted molar refractivity (Wildman–Crippen MR) is 71.2 cm³/mol. The number of aryl methyl sites for hydroxylation is 1. The zero-order valence-electron chi connectivity index (χ0n) is 10.5. The van der Waals surface area contributed by atoms with Crippen LogP contribution in [-0.2, 0) is 0 Å². The summed E-state index contributed by atoms with van der Waals surface area (Å²) in [5, 5.41) is 8.92. The topological polar surface area (TPSA) is 37.3 Å². The summed E-state index contributed by atoms with van der Waals surface area (Å²) >= 11 is 0. The van der Waals surface area contributed by atoms with Crippen LogP contribution in [0.5, 0.6) is 0 Å². The van der Waals surface area contributed by atoms with Gasteiger partial charge in [0, 0.05) is 0 Å². The standard InChI is InChI=1S/C15H18O2/c1-4-11(2)6-5-7-13-10-14(15(16)17)9-8-12(13)3/h5-10H,4H2,1-3H3,(H,16,17)/b7-5-,11-6+. The highest BCUT2D eigenvalue weighted by atomic mass is 16.4. The second-order valence-electron chi connectivity index (χ2n) is 4.10. The van der Waals surface area contributed by atoms with Crippen LogP contribution < -0.4 is 0 Å². The molecule has 0 unspecified atom stereocenters. The van der Waals surface area contributed by atoms with Crippen LogP contribution in [0.2, 0.25) is 0 Å². The first-order chi connectivity index (χ1) is 8.04. The predicted octanol–water partition coefficient (Wildman–Crippen LogP) is 4.06. The molecule has 0 bridgehead atoms. The quantitative estimate of drug-likeness (QED) is 0.792. The zero-order valence-corrected chi connectivity index (χ0v) is 10.5. The molecule has 17 heavy (non-hydrogen) atoms. The summed E-state index contributed by atoms with van der Waals surface area (Å²) in [7, 11) is 0. The Hall–Kier alpha value is -1.83. The van der Waals surface area contributed by atoms with Crippen molar-refractivity contribution >= 4 is 12.0 Å². The lowest BCUT2D eigenvalue weighted by Gasteiger charge is -2.01. The van der Waals surface area contributed by atoms with Crippen LogP contribution >= 0.6 is 0 Å². The van der Waals surface area contributed by atoms with E-state index in [2.05, 4.69) is 13.8 Å². The van der Waals surface area contributed by atoms with Crippen LogP contribution in [0.1, 0.15) is 41.8 Å². The Kier molecular flexibility index (Phi) is 4.70. The van der Waals surface area contributed by atoms with Gasteiger partial charge in [-0.15, -0.1) is 0 Å². The van der Waals surface area contributed by atoms with Crippen LogP contribution in [-0.4, -0.2) is 11.1 Å². The summed E-state index contributed by atoms with van der Waals surface area (Å²) in [6.07, 6.45) is 6.99. The third-order valence-corrected chi connectivity index (χ3v) is 2.74. The van der Waals surface area contributed by atoms with Gasteiger partial charge in [-0.1, -0.05) is 36.8 Å². The van der Waals surface area contributed by atoms with Gasteiger partial charge in [-0.3, -0.25) is 0 Å². The number of carboxylic acid groups (broad SMARTS) is 1. The smallest absolute Gasteiger partial charge is 0.335 e. The van der Waals surface area contributed by atoms with Crippen molar-refractivity contribution in [3.8, 4) is 0 Å². The van der Waals surface area contributed by atoms with E-state index in [1.54, 1.807) is 12.1 Å². The number of benzene rings is 1. The van der Waals surface area contributed by atoms with Gasteiger partial charge in [-0.2, -0.15) is 0 Å². The van der Waals surface area contributed by atoms with Crippen LogP contribution in [0.3, 0.4) is 0 Å². The van der Waals surface area contributed by atoms with E-state index in [-0.39, 0.29) is 0 Å². The molecule has 0 fully saturated rings. The van der Waals surface area contributed by atoms with E-state index >= 15 is 0 Å². The zero-order chi connectivity index (χ0) is 12.8. The molecule has 0 aliphatic rings. The number of rotatable bonds is 4. The molecule has 0 aliphatic heterocycles. The van der Waals surface area contributed by atoms with Crippen LogP contribution in [0, 0.1) is 6.92 Å². The van der Waals surface area contributed by atoms with E-state index in [0.29, 0.717) is 5.56 Å². The Balaban J connectivity index is 2.98. The molecule has 1 aromatic rings. The van der Waals surface area contributed by atoms with Crippen molar-refractivity contribution in [2.24, 2.45) is 0 Å². The van der Waals surface area contributed by atoms with Gasteiger partial charge in [0.1, 0.15) is 0 Å². The molecule has 0 radical (unpaired) electrons. The Morgan fingerprint density at radius 2 is 2.12 bits per heavy atom. The minimum atomic E-state index is -0.889. The molecule has 0 amide bonds. The number of hydrogen-bond donors (Lipinski definition) is 1. The van der Waals surface area contributed by atoms with Crippen LogP contribution in [0.15, 0.2) is 35.9 Å². The number of carboxylic acids is 1. The summed E-state index contributed by atoms with van der Waals surface area (Å²) in [5.41, 5.74) is 3.65. The SMILES string of the molecule is CC/C(C)=C/C=C\c1cc(C(=O)O)ccc1C.